The highest BCUT2D eigenvalue weighted by molar-refractivity contribution is 5.78. The summed E-state index contributed by atoms with van der Waals surface area (Å²) in [6.45, 7) is 5.14. The van der Waals surface area contributed by atoms with Crippen molar-refractivity contribution in [2.75, 3.05) is 6.54 Å². The van der Waals surface area contributed by atoms with E-state index in [1.807, 2.05) is 36.9 Å². The van der Waals surface area contributed by atoms with Crippen LogP contribution in [0.15, 0.2) is 24.4 Å². The smallest absolute Gasteiger partial charge is 0.237 e. The number of amides is 1. The largest absolute Gasteiger partial charge is 0.333 e. The van der Waals surface area contributed by atoms with Crippen LogP contribution in [0.25, 0.3) is 0 Å². The summed E-state index contributed by atoms with van der Waals surface area (Å²) in [6, 6.07) is 6.59. The van der Waals surface area contributed by atoms with Crippen LogP contribution in [0, 0.1) is 0 Å². The van der Waals surface area contributed by atoms with Gasteiger partial charge in [0.25, 0.3) is 0 Å². The Morgan fingerprint density at radius 1 is 1.50 bits per heavy atom. The Balaban J connectivity index is 1.94. The van der Waals surface area contributed by atoms with E-state index in [1.54, 1.807) is 6.20 Å². The molecule has 1 saturated carbocycles. The fraction of sp³-hybridized carbons (Fsp3) is 0.571. The van der Waals surface area contributed by atoms with Gasteiger partial charge in [-0.1, -0.05) is 19.9 Å². The number of nitrogens with zero attached hydrogens (tertiary/aromatic N) is 2. The fourth-order valence-corrected chi connectivity index (χ4v) is 1.87. The fourth-order valence-electron chi connectivity index (χ4n) is 1.87. The third-order valence-corrected chi connectivity index (χ3v) is 3.03. The Morgan fingerprint density at radius 2 is 2.28 bits per heavy atom. The maximum atomic E-state index is 12.2. The van der Waals surface area contributed by atoms with Crippen LogP contribution in [0.3, 0.4) is 0 Å². The topological polar surface area (TPSA) is 45.2 Å². The highest BCUT2D eigenvalue weighted by atomic mass is 16.2. The second kappa shape index (κ2) is 5.96. The van der Waals surface area contributed by atoms with E-state index < -0.39 is 0 Å². The summed E-state index contributed by atoms with van der Waals surface area (Å²) >= 11 is 0. The molecule has 0 bridgehead atoms. The van der Waals surface area contributed by atoms with Gasteiger partial charge in [0.1, 0.15) is 0 Å². The van der Waals surface area contributed by atoms with Gasteiger partial charge in [0.15, 0.2) is 0 Å². The van der Waals surface area contributed by atoms with Gasteiger partial charge in [0, 0.05) is 18.3 Å². The van der Waals surface area contributed by atoms with Gasteiger partial charge in [0.2, 0.25) is 5.91 Å². The first kappa shape index (κ1) is 13.0. The SMILES string of the molecule is CC(C)NCC(=O)N(Cc1ccccn1)C1CC1. The molecule has 18 heavy (non-hydrogen) atoms. The van der Waals surface area contributed by atoms with Crippen molar-refractivity contribution in [2.45, 2.75) is 45.3 Å². The molecular formula is C14H21N3O. The summed E-state index contributed by atoms with van der Waals surface area (Å²) in [6.07, 6.45) is 4.03. The normalized spacial score (nSPS) is 14.8. The van der Waals surface area contributed by atoms with Crippen molar-refractivity contribution in [3.63, 3.8) is 0 Å². The van der Waals surface area contributed by atoms with Gasteiger partial charge >= 0.3 is 0 Å². The van der Waals surface area contributed by atoms with E-state index in [0.717, 1.165) is 18.5 Å². The van der Waals surface area contributed by atoms with Crippen molar-refractivity contribution in [2.24, 2.45) is 0 Å². The predicted molar refractivity (Wildman–Crippen MR) is 70.9 cm³/mol. The molecule has 98 valence electrons. The first-order chi connectivity index (χ1) is 8.66. The van der Waals surface area contributed by atoms with Crippen LogP contribution in [0.5, 0.6) is 0 Å². The van der Waals surface area contributed by atoms with E-state index in [1.165, 1.54) is 0 Å². The monoisotopic (exact) mass is 247 g/mol. The van der Waals surface area contributed by atoms with Gasteiger partial charge in [-0.25, -0.2) is 0 Å². The van der Waals surface area contributed by atoms with Crippen LogP contribution in [-0.4, -0.2) is 34.4 Å². The van der Waals surface area contributed by atoms with Gasteiger partial charge in [-0.15, -0.1) is 0 Å². The molecule has 0 spiro atoms. The van der Waals surface area contributed by atoms with Crippen LogP contribution in [0.2, 0.25) is 0 Å². The van der Waals surface area contributed by atoms with Crippen LogP contribution < -0.4 is 5.32 Å². The van der Waals surface area contributed by atoms with Crippen LogP contribution in [0.4, 0.5) is 0 Å². The van der Waals surface area contributed by atoms with Gasteiger partial charge in [0.05, 0.1) is 18.8 Å². The van der Waals surface area contributed by atoms with Crippen LogP contribution >= 0.6 is 0 Å². The lowest BCUT2D eigenvalue weighted by Crippen LogP contribution is -2.41. The molecule has 1 amide bonds. The molecule has 1 aromatic heterocycles. The van der Waals surface area contributed by atoms with Crippen molar-refractivity contribution in [1.29, 1.82) is 0 Å². The molecular weight excluding hydrogens is 226 g/mol. The molecule has 1 aliphatic carbocycles. The van der Waals surface area contributed by atoms with E-state index >= 15 is 0 Å². The first-order valence-electron chi connectivity index (χ1n) is 6.59. The Kier molecular flexibility index (Phi) is 4.31. The Morgan fingerprint density at radius 3 is 2.83 bits per heavy atom. The lowest BCUT2D eigenvalue weighted by Gasteiger charge is -2.23. The predicted octanol–water partition coefficient (Wildman–Crippen LogP) is 1.57. The molecule has 0 atom stereocenters. The zero-order valence-electron chi connectivity index (χ0n) is 11.1. The summed E-state index contributed by atoms with van der Waals surface area (Å²) in [4.78, 5) is 18.4. The lowest BCUT2D eigenvalue weighted by atomic mass is 10.3. The van der Waals surface area contributed by atoms with Crippen molar-refractivity contribution in [3.8, 4) is 0 Å². The molecule has 2 rings (SSSR count). The molecule has 1 fully saturated rings. The molecule has 0 saturated heterocycles. The molecule has 1 aliphatic rings. The lowest BCUT2D eigenvalue weighted by molar-refractivity contribution is -0.131. The minimum atomic E-state index is 0.178. The number of hydrogen-bond acceptors (Lipinski definition) is 3. The molecule has 0 radical (unpaired) electrons. The summed E-state index contributed by atoms with van der Waals surface area (Å²) < 4.78 is 0. The van der Waals surface area contributed by atoms with Gasteiger partial charge in [-0.05, 0) is 25.0 Å². The van der Waals surface area contributed by atoms with E-state index in [0.29, 0.717) is 25.2 Å². The number of rotatable bonds is 6. The molecule has 4 nitrogen and oxygen atoms in total. The van der Waals surface area contributed by atoms with Crippen molar-refractivity contribution in [1.82, 2.24) is 15.2 Å². The second-order valence-electron chi connectivity index (χ2n) is 5.11. The minimum Gasteiger partial charge on any atom is -0.333 e. The number of pyridine rings is 1. The third-order valence-electron chi connectivity index (χ3n) is 3.03. The number of hydrogen-bond donors (Lipinski definition) is 1. The van der Waals surface area contributed by atoms with Crippen LogP contribution in [-0.2, 0) is 11.3 Å². The van der Waals surface area contributed by atoms with E-state index in [-0.39, 0.29) is 5.91 Å². The van der Waals surface area contributed by atoms with E-state index in [9.17, 15) is 4.79 Å². The number of aromatic nitrogens is 1. The minimum absolute atomic E-state index is 0.178. The molecule has 0 aromatic carbocycles. The quantitative estimate of drug-likeness (QED) is 0.830. The Labute approximate surface area is 108 Å². The Bertz CT molecular complexity index is 387. The highest BCUT2D eigenvalue weighted by Crippen LogP contribution is 2.28. The van der Waals surface area contributed by atoms with Crippen molar-refractivity contribution >= 4 is 5.91 Å². The van der Waals surface area contributed by atoms with Crippen molar-refractivity contribution < 1.29 is 4.79 Å². The maximum Gasteiger partial charge on any atom is 0.237 e. The summed E-state index contributed by atoms with van der Waals surface area (Å²) in [5.74, 6) is 0.178. The summed E-state index contributed by atoms with van der Waals surface area (Å²) in [7, 11) is 0. The molecule has 1 aromatic rings. The molecule has 4 heteroatoms. The average Bonchev–Trinajstić information content (AvgIpc) is 3.18. The Hall–Kier alpha value is -1.42. The van der Waals surface area contributed by atoms with Crippen molar-refractivity contribution in [3.05, 3.63) is 30.1 Å². The second-order valence-corrected chi connectivity index (χ2v) is 5.11. The summed E-state index contributed by atoms with van der Waals surface area (Å²) in [5, 5.41) is 3.18. The first-order valence-corrected chi connectivity index (χ1v) is 6.59. The van der Waals surface area contributed by atoms with Crippen LogP contribution in [0.1, 0.15) is 32.4 Å². The number of nitrogens with one attached hydrogen (secondary N) is 1. The summed E-state index contributed by atoms with van der Waals surface area (Å²) in [5.41, 5.74) is 0.960. The number of carbonyl (C=O) groups is 1. The molecule has 0 unspecified atom stereocenters. The average molecular weight is 247 g/mol. The molecule has 1 heterocycles. The third kappa shape index (κ3) is 3.81. The van der Waals surface area contributed by atoms with Gasteiger partial charge in [-0.2, -0.15) is 0 Å². The standard InChI is InChI=1S/C14H21N3O/c1-11(2)16-9-14(18)17(13-6-7-13)10-12-5-3-4-8-15-12/h3-5,8,11,13,16H,6-7,9-10H2,1-2H3. The van der Waals surface area contributed by atoms with Gasteiger partial charge in [-0.3, -0.25) is 9.78 Å². The molecule has 1 N–H and O–H groups in total. The zero-order chi connectivity index (χ0) is 13.0. The highest BCUT2D eigenvalue weighted by Gasteiger charge is 2.32. The maximum absolute atomic E-state index is 12.2. The van der Waals surface area contributed by atoms with E-state index in [2.05, 4.69) is 10.3 Å². The zero-order valence-corrected chi connectivity index (χ0v) is 11.1. The van der Waals surface area contributed by atoms with E-state index in [4.69, 9.17) is 0 Å². The van der Waals surface area contributed by atoms with Gasteiger partial charge < -0.3 is 10.2 Å². The number of carbonyl (C=O) groups excluding carboxylic acids is 1. The molecule has 0 aliphatic heterocycles.